The number of rotatable bonds is 8. The summed E-state index contributed by atoms with van der Waals surface area (Å²) in [6, 6.07) is 8.58. The van der Waals surface area contributed by atoms with Crippen LogP contribution >= 0.6 is 11.6 Å². The highest BCUT2D eigenvalue weighted by Gasteiger charge is 2.11. The molecule has 2 rings (SSSR count). The lowest BCUT2D eigenvalue weighted by atomic mass is 10.2. The molecule has 0 aliphatic heterocycles. The smallest absolute Gasteiger partial charge is 0.248 e. The van der Waals surface area contributed by atoms with Crippen molar-refractivity contribution < 1.29 is 23.7 Å². The highest BCUT2D eigenvalue weighted by Crippen LogP contribution is 2.36. The van der Waals surface area contributed by atoms with E-state index in [2.05, 4.69) is 5.32 Å². The van der Waals surface area contributed by atoms with Crippen LogP contribution in [0.5, 0.6) is 23.0 Å². The van der Waals surface area contributed by atoms with E-state index in [0.29, 0.717) is 45.9 Å². The number of methoxy groups -OCH3 is 3. The van der Waals surface area contributed by atoms with E-state index in [4.69, 9.17) is 30.5 Å². The number of halogens is 1. The third-order valence-electron chi connectivity index (χ3n) is 3.63. The Balaban J connectivity index is 2.16. The Hall–Kier alpha value is -2.86. The molecular weight excluding hydrogens is 370 g/mol. The van der Waals surface area contributed by atoms with E-state index in [9.17, 15) is 4.79 Å². The first kappa shape index (κ1) is 20.5. The van der Waals surface area contributed by atoms with Crippen LogP contribution in [0.4, 0.5) is 5.69 Å². The number of carbonyl (C=O) groups is 1. The zero-order valence-corrected chi connectivity index (χ0v) is 16.4. The van der Waals surface area contributed by atoms with Gasteiger partial charge in [-0.15, -0.1) is 0 Å². The molecule has 0 unspecified atom stereocenters. The number of nitrogens with one attached hydrogen (secondary N) is 1. The summed E-state index contributed by atoms with van der Waals surface area (Å²) in [5.41, 5.74) is 1.24. The predicted molar refractivity (Wildman–Crippen MR) is 106 cm³/mol. The van der Waals surface area contributed by atoms with Gasteiger partial charge >= 0.3 is 0 Å². The number of hydrogen-bond acceptors (Lipinski definition) is 5. The third-order valence-corrected chi connectivity index (χ3v) is 3.91. The van der Waals surface area contributed by atoms with Gasteiger partial charge in [0.25, 0.3) is 0 Å². The summed E-state index contributed by atoms with van der Waals surface area (Å²) in [5.74, 6) is 1.80. The molecule has 6 nitrogen and oxygen atoms in total. The molecule has 1 amide bonds. The molecule has 2 aromatic rings. The SMILES string of the molecule is CCOc1c(Cl)cc(C=CC(=O)Nc2ccc(OC)cc2OC)cc1OC. The van der Waals surface area contributed by atoms with Crippen LogP contribution in [-0.2, 0) is 4.79 Å². The zero-order valence-electron chi connectivity index (χ0n) is 15.7. The van der Waals surface area contributed by atoms with E-state index in [0.717, 1.165) is 0 Å². The largest absolute Gasteiger partial charge is 0.497 e. The summed E-state index contributed by atoms with van der Waals surface area (Å²) in [6.45, 7) is 2.33. The van der Waals surface area contributed by atoms with Crippen LogP contribution in [0.3, 0.4) is 0 Å². The lowest BCUT2D eigenvalue weighted by Crippen LogP contribution is -2.09. The molecule has 27 heavy (non-hydrogen) atoms. The van der Waals surface area contributed by atoms with Gasteiger partial charge in [-0.3, -0.25) is 4.79 Å². The molecule has 7 heteroatoms. The molecular formula is C20H22ClNO5. The molecule has 0 saturated heterocycles. The fourth-order valence-electron chi connectivity index (χ4n) is 2.37. The van der Waals surface area contributed by atoms with Crippen LogP contribution < -0.4 is 24.3 Å². The minimum absolute atomic E-state index is 0.317. The van der Waals surface area contributed by atoms with Crippen molar-refractivity contribution in [3.8, 4) is 23.0 Å². The van der Waals surface area contributed by atoms with Crippen molar-refractivity contribution in [3.05, 3.63) is 47.0 Å². The normalized spacial score (nSPS) is 10.6. The fourth-order valence-corrected chi connectivity index (χ4v) is 2.64. The molecule has 0 fully saturated rings. The molecule has 0 heterocycles. The first-order chi connectivity index (χ1) is 13.0. The van der Waals surface area contributed by atoms with Crippen LogP contribution in [0.15, 0.2) is 36.4 Å². The van der Waals surface area contributed by atoms with E-state index in [1.54, 1.807) is 43.5 Å². The minimum atomic E-state index is -0.317. The van der Waals surface area contributed by atoms with Gasteiger partial charge in [0.05, 0.1) is 38.6 Å². The first-order valence-corrected chi connectivity index (χ1v) is 8.61. The van der Waals surface area contributed by atoms with Crippen molar-refractivity contribution in [2.75, 3.05) is 33.3 Å². The Bertz CT molecular complexity index is 835. The topological polar surface area (TPSA) is 66.0 Å². The Kier molecular flexibility index (Phi) is 7.37. The van der Waals surface area contributed by atoms with Crippen molar-refractivity contribution >= 4 is 29.3 Å². The van der Waals surface area contributed by atoms with Gasteiger partial charge in [0.2, 0.25) is 5.91 Å². The quantitative estimate of drug-likeness (QED) is 0.675. The molecule has 0 radical (unpaired) electrons. The Morgan fingerprint density at radius 2 is 1.81 bits per heavy atom. The number of hydrogen-bond donors (Lipinski definition) is 1. The summed E-state index contributed by atoms with van der Waals surface area (Å²) in [4.78, 5) is 12.2. The van der Waals surface area contributed by atoms with Crippen molar-refractivity contribution in [3.63, 3.8) is 0 Å². The molecule has 0 aromatic heterocycles. The van der Waals surface area contributed by atoms with Crippen LogP contribution in [-0.4, -0.2) is 33.8 Å². The van der Waals surface area contributed by atoms with Crippen LogP contribution in [0.1, 0.15) is 12.5 Å². The molecule has 0 aliphatic rings. The molecule has 0 aliphatic carbocycles. The van der Waals surface area contributed by atoms with Gasteiger partial charge in [-0.1, -0.05) is 11.6 Å². The average Bonchev–Trinajstić information content (AvgIpc) is 2.68. The van der Waals surface area contributed by atoms with Gasteiger partial charge in [0.15, 0.2) is 11.5 Å². The van der Waals surface area contributed by atoms with Crippen LogP contribution in [0, 0.1) is 0 Å². The van der Waals surface area contributed by atoms with Crippen LogP contribution in [0.25, 0.3) is 6.08 Å². The van der Waals surface area contributed by atoms with Gasteiger partial charge in [-0.05, 0) is 42.8 Å². The summed E-state index contributed by atoms with van der Waals surface area (Å²) >= 11 is 6.24. The van der Waals surface area contributed by atoms with Gasteiger partial charge < -0.3 is 24.3 Å². The van der Waals surface area contributed by atoms with Crippen molar-refractivity contribution in [2.45, 2.75) is 6.92 Å². The maximum atomic E-state index is 12.2. The zero-order chi connectivity index (χ0) is 19.8. The third kappa shape index (κ3) is 5.31. The highest BCUT2D eigenvalue weighted by molar-refractivity contribution is 6.32. The number of anilines is 1. The highest BCUT2D eigenvalue weighted by atomic mass is 35.5. The molecule has 0 bridgehead atoms. The standard InChI is InChI=1S/C20H22ClNO5/c1-5-27-20-15(21)10-13(11-18(20)26-4)6-9-19(23)22-16-8-7-14(24-2)12-17(16)25-3/h6-12H,5H2,1-4H3,(H,22,23). The predicted octanol–water partition coefficient (Wildman–Crippen LogP) is 4.42. The lowest BCUT2D eigenvalue weighted by molar-refractivity contribution is -0.111. The maximum absolute atomic E-state index is 12.2. The number of ether oxygens (including phenoxy) is 4. The molecule has 0 atom stereocenters. The van der Waals surface area contributed by atoms with Crippen molar-refractivity contribution in [1.29, 1.82) is 0 Å². The van der Waals surface area contributed by atoms with E-state index in [1.807, 2.05) is 6.92 Å². The Morgan fingerprint density at radius 1 is 1.07 bits per heavy atom. The lowest BCUT2D eigenvalue weighted by Gasteiger charge is -2.12. The van der Waals surface area contributed by atoms with E-state index in [1.165, 1.54) is 20.3 Å². The molecule has 0 saturated carbocycles. The monoisotopic (exact) mass is 391 g/mol. The number of amides is 1. The second kappa shape index (κ2) is 9.73. The van der Waals surface area contributed by atoms with E-state index < -0.39 is 0 Å². The molecule has 2 aromatic carbocycles. The first-order valence-electron chi connectivity index (χ1n) is 8.23. The summed E-state index contributed by atoms with van der Waals surface area (Å²) < 4.78 is 21.2. The molecule has 0 spiro atoms. The van der Waals surface area contributed by atoms with Gasteiger partial charge in [-0.2, -0.15) is 0 Å². The van der Waals surface area contributed by atoms with Gasteiger partial charge in [0, 0.05) is 12.1 Å². The molecule has 144 valence electrons. The summed E-state index contributed by atoms with van der Waals surface area (Å²) in [5, 5.41) is 3.17. The summed E-state index contributed by atoms with van der Waals surface area (Å²) in [7, 11) is 4.62. The Labute approximate surface area is 163 Å². The minimum Gasteiger partial charge on any atom is -0.497 e. The Morgan fingerprint density at radius 3 is 2.44 bits per heavy atom. The van der Waals surface area contributed by atoms with Crippen molar-refractivity contribution in [2.24, 2.45) is 0 Å². The van der Waals surface area contributed by atoms with E-state index in [-0.39, 0.29) is 5.91 Å². The molecule has 1 N–H and O–H groups in total. The number of benzene rings is 2. The fraction of sp³-hybridized carbons (Fsp3) is 0.250. The maximum Gasteiger partial charge on any atom is 0.248 e. The average molecular weight is 392 g/mol. The summed E-state index contributed by atoms with van der Waals surface area (Å²) in [6.07, 6.45) is 3.03. The number of carbonyl (C=O) groups excluding carboxylic acids is 1. The van der Waals surface area contributed by atoms with E-state index >= 15 is 0 Å². The van der Waals surface area contributed by atoms with Gasteiger partial charge in [0.1, 0.15) is 11.5 Å². The second-order valence-corrected chi connectivity index (χ2v) is 5.76. The van der Waals surface area contributed by atoms with Crippen LogP contribution in [0.2, 0.25) is 5.02 Å². The second-order valence-electron chi connectivity index (χ2n) is 5.36. The van der Waals surface area contributed by atoms with Gasteiger partial charge in [-0.25, -0.2) is 0 Å². The van der Waals surface area contributed by atoms with Crippen molar-refractivity contribution in [1.82, 2.24) is 0 Å².